The Hall–Kier alpha value is -3.18. The zero-order valence-electron chi connectivity index (χ0n) is 15.4. The van der Waals surface area contributed by atoms with Crippen LogP contribution in [0.1, 0.15) is 22.8 Å². The lowest BCUT2D eigenvalue weighted by Crippen LogP contribution is -2.54. The summed E-state index contributed by atoms with van der Waals surface area (Å²) in [4.78, 5) is 15.8. The van der Waals surface area contributed by atoms with Gasteiger partial charge in [0.25, 0.3) is 5.91 Å². The molecule has 15 heteroatoms. The van der Waals surface area contributed by atoms with Crippen LogP contribution in [0, 0.1) is 17.1 Å². The molecule has 0 aliphatic carbocycles. The molecule has 0 fully saturated rings. The Balaban J connectivity index is 2.56. The first-order valence-corrected chi connectivity index (χ1v) is 9.78. The predicted molar refractivity (Wildman–Crippen MR) is 98.9 cm³/mol. The average Bonchev–Trinajstić information content (AvgIpc) is 2.66. The molecule has 0 bridgehead atoms. The largest absolute Gasteiger partial charge is 0.516 e. The predicted octanol–water partition coefficient (Wildman–Crippen LogP) is 2.28. The molecule has 166 valence electrons. The fraction of sp³-hybridized carbons (Fsp3) is 0.250. The number of nitrogens with zero attached hydrogens (tertiary/aromatic N) is 4. The molecule has 9 nitrogen and oxygen atoms in total. The third-order valence-corrected chi connectivity index (χ3v) is 5.63. The van der Waals surface area contributed by atoms with E-state index in [4.69, 9.17) is 27.3 Å². The highest BCUT2D eigenvalue weighted by molar-refractivity contribution is 7.93. The molecular formula is C16H12ClF4N5O4S. The number of pyridine rings is 2. The van der Waals surface area contributed by atoms with E-state index in [0.717, 1.165) is 6.92 Å². The molecule has 2 rings (SSSR count). The van der Waals surface area contributed by atoms with Crippen LogP contribution in [0.3, 0.4) is 0 Å². The summed E-state index contributed by atoms with van der Waals surface area (Å²) in [7, 11) is -6.30. The normalized spacial score (nSPS) is 13.7. The van der Waals surface area contributed by atoms with Crippen molar-refractivity contribution in [1.29, 1.82) is 5.26 Å². The minimum Gasteiger partial charge on any atom is -0.473 e. The fourth-order valence-corrected chi connectivity index (χ4v) is 3.81. The van der Waals surface area contributed by atoms with Crippen LogP contribution in [0.25, 0.3) is 0 Å². The maximum absolute atomic E-state index is 14.4. The maximum Gasteiger partial charge on any atom is 0.516 e. The van der Waals surface area contributed by atoms with Gasteiger partial charge in [0.2, 0.25) is 5.88 Å². The summed E-state index contributed by atoms with van der Waals surface area (Å²) in [5.41, 5.74) is -1.39. The van der Waals surface area contributed by atoms with Gasteiger partial charge < -0.3 is 10.5 Å². The highest BCUT2D eigenvalue weighted by Gasteiger charge is 2.56. The summed E-state index contributed by atoms with van der Waals surface area (Å²) in [6.45, 7) is -0.258. The van der Waals surface area contributed by atoms with Crippen molar-refractivity contribution < 1.29 is 35.5 Å². The molecule has 0 unspecified atom stereocenters. The van der Waals surface area contributed by atoms with E-state index in [1.165, 1.54) is 24.4 Å². The minimum atomic E-state index is -6.30. The molecule has 2 aromatic heterocycles. The van der Waals surface area contributed by atoms with Gasteiger partial charge >= 0.3 is 15.5 Å². The Morgan fingerprint density at radius 2 is 2.03 bits per heavy atom. The topological polar surface area (TPSA) is 139 Å². The van der Waals surface area contributed by atoms with E-state index in [1.807, 2.05) is 0 Å². The van der Waals surface area contributed by atoms with Crippen LogP contribution in [-0.4, -0.2) is 41.4 Å². The lowest BCUT2D eigenvalue weighted by atomic mass is 10.2. The van der Waals surface area contributed by atoms with Crippen LogP contribution >= 0.6 is 11.6 Å². The molecule has 31 heavy (non-hydrogen) atoms. The smallest absolute Gasteiger partial charge is 0.473 e. The number of rotatable bonds is 7. The van der Waals surface area contributed by atoms with Gasteiger partial charge in [-0.05, 0) is 25.1 Å². The number of nitrogens with two attached hydrogens (primary N) is 1. The molecule has 2 aromatic rings. The Kier molecular flexibility index (Phi) is 6.62. The molecule has 0 spiro atoms. The van der Waals surface area contributed by atoms with E-state index >= 15 is 0 Å². The van der Waals surface area contributed by atoms with Gasteiger partial charge in [-0.1, -0.05) is 11.6 Å². The van der Waals surface area contributed by atoms with Gasteiger partial charge in [-0.2, -0.15) is 26.9 Å². The number of primary amides is 1. The van der Waals surface area contributed by atoms with Crippen LogP contribution < -0.4 is 14.8 Å². The van der Waals surface area contributed by atoms with Gasteiger partial charge in [0.15, 0.2) is 16.6 Å². The van der Waals surface area contributed by atoms with E-state index in [9.17, 15) is 30.8 Å². The van der Waals surface area contributed by atoms with Crippen LogP contribution in [-0.2, 0) is 10.0 Å². The van der Waals surface area contributed by atoms with Crippen LogP contribution in [0.4, 0.5) is 23.4 Å². The summed E-state index contributed by atoms with van der Waals surface area (Å²) in [5, 5.41) is 8.76. The number of carbonyl (C=O) groups is 1. The lowest BCUT2D eigenvalue weighted by Gasteiger charge is -2.36. The Labute approximate surface area is 178 Å². The zero-order chi connectivity index (χ0) is 23.6. The highest BCUT2D eigenvalue weighted by Crippen LogP contribution is 2.38. The van der Waals surface area contributed by atoms with E-state index in [2.05, 4.69) is 9.97 Å². The molecule has 1 amide bonds. The molecular weight excluding hydrogens is 470 g/mol. The second kappa shape index (κ2) is 8.52. The number of carbonyl (C=O) groups excluding carboxylic acids is 1. The molecule has 0 aliphatic rings. The molecule has 0 radical (unpaired) electrons. The summed E-state index contributed by atoms with van der Waals surface area (Å²) < 4.78 is 83.3. The molecule has 2 heterocycles. The van der Waals surface area contributed by atoms with Gasteiger partial charge in [-0.15, -0.1) is 0 Å². The molecule has 0 aromatic carbocycles. The molecule has 1 atom stereocenters. The van der Waals surface area contributed by atoms with Crippen molar-refractivity contribution in [3.63, 3.8) is 0 Å². The van der Waals surface area contributed by atoms with Gasteiger partial charge in [0, 0.05) is 12.4 Å². The Morgan fingerprint density at radius 3 is 2.55 bits per heavy atom. The van der Waals surface area contributed by atoms with Crippen LogP contribution in [0.5, 0.6) is 5.88 Å². The van der Waals surface area contributed by atoms with Crippen molar-refractivity contribution in [3.8, 4) is 11.9 Å². The van der Waals surface area contributed by atoms with Crippen molar-refractivity contribution in [2.24, 2.45) is 5.73 Å². The number of nitriles is 1. The van der Waals surface area contributed by atoms with Crippen molar-refractivity contribution in [1.82, 2.24) is 9.97 Å². The monoisotopic (exact) mass is 481 g/mol. The lowest BCUT2D eigenvalue weighted by molar-refractivity contribution is -0.0442. The number of amides is 1. The van der Waals surface area contributed by atoms with Gasteiger partial charge in [0.1, 0.15) is 18.2 Å². The van der Waals surface area contributed by atoms with Crippen molar-refractivity contribution in [2.45, 2.75) is 17.4 Å². The van der Waals surface area contributed by atoms with Gasteiger partial charge in [0.05, 0.1) is 5.56 Å². The number of aromatic nitrogens is 2. The number of sulfonamides is 1. The Morgan fingerprint density at radius 1 is 1.39 bits per heavy atom. The van der Waals surface area contributed by atoms with E-state index in [1.54, 1.807) is 0 Å². The Bertz CT molecular complexity index is 1150. The first-order valence-electron chi connectivity index (χ1n) is 7.96. The molecule has 0 aliphatic heterocycles. The summed E-state index contributed by atoms with van der Waals surface area (Å²) >= 11 is 6.06. The number of hydrogen-bond acceptors (Lipinski definition) is 7. The summed E-state index contributed by atoms with van der Waals surface area (Å²) in [6, 6.07) is 4.51. The highest BCUT2D eigenvalue weighted by atomic mass is 35.5. The second-order valence-corrected chi connectivity index (χ2v) is 8.60. The molecule has 0 saturated heterocycles. The van der Waals surface area contributed by atoms with E-state index in [0.29, 0.717) is 12.3 Å². The van der Waals surface area contributed by atoms with Gasteiger partial charge in [-0.25, -0.2) is 18.7 Å². The number of hydrogen-bond donors (Lipinski definition) is 1. The molecule has 0 saturated carbocycles. The maximum atomic E-state index is 14.4. The second-order valence-electron chi connectivity index (χ2n) is 6.01. The number of anilines is 1. The van der Waals surface area contributed by atoms with Crippen LogP contribution in [0.15, 0.2) is 30.6 Å². The first kappa shape index (κ1) is 24.1. The fourth-order valence-electron chi connectivity index (χ4n) is 2.28. The first-order chi connectivity index (χ1) is 14.2. The van der Waals surface area contributed by atoms with E-state index in [-0.39, 0.29) is 11.1 Å². The number of ether oxygens (including phenoxy) is 1. The standard InChI is InChI=1S/C16H12ClF4N5O4S/c1-15(17,8-30-14-10(12(23)27)3-2-4-24-14)26(31(28,29)16(19,20)21)13-11(18)5-9(6-22)7-25-13/h2-5,7H,8H2,1H3,(H2,23,27)/t15-/m1/s1. The summed E-state index contributed by atoms with van der Waals surface area (Å²) in [5.74, 6) is -4.32. The quantitative estimate of drug-likeness (QED) is 0.363. The third-order valence-electron chi connectivity index (χ3n) is 3.61. The van der Waals surface area contributed by atoms with Crippen molar-refractivity contribution in [3.05, 3.63) is 47.5 Å². The SMILES string of the molecule is C[C@](Cl)(COc1ncccc1C(N)=O)N(c1ncc(C#N)cc1F)S(=O)(=O)C(F)(F)F. The van der Waals surface area contributed by atoms with E-state index < -0.39 is 54.9 Å². The van der Waals surface area contributed by atoms with Gasteiger partial charge in [-0.3, -0.25) is 4.79 Å². The molecule has 2 N–H and O–H groups in total. The number of alkyl halides is 4. The van der Waals surface area contributed by atoms with Crippen molar-refractivity contribution >= 4 is 33.3 Å². The third kappa shape index (κ3) is 4.94. The van der Waals surface area contributed by atoms with Crippen LogP contribution in [0.2, 0.25) is 0 Å². The van der Waals surface area contributed by atoms with Crippen molar-refractivity contribution in [2.75, 3.05) is 10.9 Å². The zero-order valence-corrected chi connectivity index (χ0v) is 17.0. The number of halogens is 5. The average molecular weight is 482 g/mol. The minimum absolute atomic E-state index is 0.261. The summed E-state index contributed by atoms with van der Waals surface area (Å²) in [6.07, 6.45) is 1.83.